The molecule has 2 aromatic rings. The molecule has 0 saturated carbocycles. The average molecular weight is 375 g/mol. The minimum Gasteiger partial charge on any atom is -0.360 e. The first-order valence-corrected chi connectivity index (χ1v) is 9.06. The van der Waals surface area contributed by atoms with Crippen molar-refractivity contribution >= 4 is 29.4 Å². The van der Waals surface area contributed by atoms with Gasteiger partial charge >= 0.3 is 0 Å². The molecule has 0 radical (unpaired) electrons. The summed E-state index contributed by atoms with van der Waals surface area (Å²) in [6.07, 6.45) is 4.27. The van der Waals surface area contributed by atoms with Gasteiger partial charge in [-0.15, -0.1) is 0 Å². The summed E-state index contributed by atoms with van der Waals surface area (Å²) in [6.45, 7) is 6.72. The highest BCUT2D eigenvalue weighted by atomic mass is 35.5. The van der Waals surface area contributed by atoms with Crippen LogP contribution in [-0.2, 0) is 4.79 Å². The van der Waals surface area contributed by atoms with Crippen LogP contribution in [0.4, 0.5) is 5.82 Å². The van der Waals surface area contributed by atoms with Crippen LogP contribution in [0.25, 0.3) is 6.08 Å². The lowest BCUT2D eigenvalue weighted by Crippen LogP contribution is -2.48. The van der Waals surface area contributed by atoms with Gasteiger partial charge in [-0.2, -0.15) is 0 Å². The Morgan fingerprint density at radius 2 is 1.92 bits per heavy atom. The average Bonchev–Trinajstić information content (AvgIpc) is 3.03. The smallest absolute Gasteiger partial charge is 0.239 e. The van der Waals surface area contributed by atoms with E-state index in [-0.39, 0.29) is 5.91 Å². The predicted molar refractivity (Wildman–Crippen MR) is 103 cm³/mol. The van der Waals surface area contributed by atoms with Gasteiger partial charge in [0.15, 0.2) is 5.82 Å². The number of carbonyl (C=O) groups is 1. The minimum atomic E-state index is -0.0608. The number of rotatable bonds is 6. The molecule has 3 rings (SSSR count). The molecule has 1 aliphatic heterocycles. The summed E-state index contributed by atoms with van der Waals surface area (Å²) >= 11 is 5.89. The molecule has 6 nitrogen and oxygen atoms in total. The first-order chi connectivity index (χ1) is 12.6. The maximum Gasteiger partial charge on any atom is 0.239 e. The van der Waals surface area contributed by atoms with Gasteiger partial charge in [-0.05, 0) is 24.6 Å². The van der Waals surface area contributed by atoms with Crippen molar-refractivity contribution in [3.63, 3.8) is 0 Å². The Bertz CT molecular complexity index is 749. The van der Waals surface area contributed by atoms with E-state index < -0.39 is 0 Å². The van der Waals surface area contributed by atoms with Crippen molar-refractivity contribution in [1.82, 2.24) is 15.0 Å². The van der Waals surface area contributed by atoms with Gasteiger partial charge in [-0.25, -0.2) is 0 Å². The summed E-state index contributed by atoms with van der Waals surface area (Å²) < 4.78 is 4.95. The molecule has 1 fully saturated rings. The molecule has 7 heteroatoms. The number of hydrogen-bond donors (Lipinski definition) is 1. The number of carbonyl (C=O) groups excluding carboxylic acids is 1. The fourth-order valence-electron chi connectivity index (χ4n) is 2.85. The first kappa shape index (κ1) is 18.6. The first-order valence-electron chi connectivity index (χ1n) is 8.68. The molecule has 2 heterocycles. The van der Waals surface area contributed by atoms with Crippen molar-refractivity contribution in [3.8, 4) is 0 Å². The van der Waals surface area contributed by atoms with Crippen molar-refractivity contribution in [1.29, 1.82) is 0 Å². The summed E-state index contributed by atoms with van der Waals surface area (Å²) in [5.74, 6) is 1.09. The molecule has 0 aliphatic carbocycles. The number of halogens is 1. The van der Waals surface area contributed by atoms with Crippen molar-refractivity contribution < 1.29 is 9.32 Å². The zero-order chi connectivity index (χ0) is 18.4. The highest BCUT2D eigenvalue weighted by Crippen LogP contribution is 2.11. The zero-order valence-electron chi connectivity index (χ0n) is 14.8. The number of nitrogens with one attached hydrogen (secondary N) is 1. The molecule has 1 saturated heterocycles. The number of aryl methyl sites for hydroxylation is 1. The molecule has 0 unspecified atom stereocenters. The predicted octanol–water partition coefficient (Wildman–Crippen LogP) is 2.91. The summed E-state index contributed by atoms with van der Waals surface area (Å²) in [6, 6.07) is 9.51. The van der Waals surface area contributed by atoms with E-state index in [0.717, 1.165) is 43.3 Å². The second-order valence-electron chi connectivity index (χ2n) is 6.40. The molecular formula is C19H23ClN4O2. The summed E-state index contributed by atoms with van der Waals surface area (Å²) in [5, 5.41) is 7.28. The SMILES string of the molecule is Cc1cc(NC(=O)CN2CCN(CC=Cc3ccc(Cl)cc3)CC2)no1. The molecule has 1 aromatic carbocycles. The minimum absolute atomic E-state index is 0.0608. The van der Waals surface area contributed by atoms with Crippen molar-refractivity contribution in [2.45, 2.75) is 6.92 Å². The van der Waals surface area contributed by atoms with Gasteiger partial charge in [0.1, 0.15) is 5.76 Å². The number of nitrogens with zero attached hydrogens (tertiary/aromatic N) is 3. The van der Waals surface area contributed by atoms with Crippen molar-refractivity contribution in [2.75, 3.05) is 44.6 Å². The largest absolute Gasteiger partial charge is 0.360 e. The third kappa shape index (κ3) is 5.69. The van der Waals surface area contributed by atoms with Gasteiger partial charge in [0, 0.05) is 43.8 Å². The normalized spacial score (nSPS) is 16.2. The van der Waals surface area contributed by atoms with E-state index in [1.165, 1.54) is 0 Å². The van der Waals surface area contributed by atoms with Crippen molar-refractivity contribution in [2.24, 2.45) is 0 Å². The Labute approximate surface area is 158 Å². The van der Waals surface area contributed by atoms with E-state index in [2.05, 4.69) is 32.4 Å². The fraction of sp³-hybridized carbons (Fsp3) is 0.368. The number of piperazine rings is 1. The molecular weight excluding hydrogens is 352 g/mol. The van der Waals surface area contributed by atoms with Crippen molar-refractivity contribution in [3.05, 3.63) is 52.8 Å². The maximum absolute atomic E-state index is 12.1. The molecule has 1 amide bonds. The van der Waals surface area contributed by atoms with E-state index in [9.17, 15) is 4.79 Å². The quantitative estimate of drug-likeness (QED) is 0.842. The number of hydrogen-bond acceptors (Lipinski definition) is 5. The Morgan fingerprint density at radius 1 is 1.23 bits per heavy atom. The lowest BCUT2D eigenvalue weighted by atomic mass is 10.2. The van der Waals surface area contributed by atoms with Gasteiger partial charge in [0.25, 0.3) is 0 Å². The fourth-order valence-corrected chi connectivity index (χ4v) is 2.98. The van der Waals surface area contributed by atoms with Crippen LogP contribution in [0.1, 0.15) is 11.3 Å². The number of amides is 1. The summed E-state index contributed by atoms with van der Waals surface area (Å²) in [7, 11) is 0. The van der Waals surface area contributed by atoms with Gasteiger partial charge in [-0.1, -0.05) is 41.0 Å². The van der Waals surface area contributed by atoms with Gasteiger partial charge in [-0.3, -0.25) is 14.6 Å². The van der Waals surface area contributed by atoms with Crippen LogP contribution in [0.5, 0.6) is 0 Å². The Balaban J connectivity index is 1.37. The molecule has 138 valence electrons. The second-order valence-corrected chi connectivity index (χ2v) is 6.84. The van der Waals surface area contributed by atoms with Gasteiger partial charge in [0.2, 0.25) is 5.91 Å². The van der Waals surface area contributed by atoms with Gasteiger partial charge in [0.05, 0.1) is 6.54 Å². The highest BCUT2D eigenvalue weighted by Gasteiger charge is 2.18. The van der Waals surface area contributed by atoms with Crippen LogP contribution >= 0.6 is 11.6 Å². The van der Waals surface area contributed by atoms with E-state index >= 15 is 0 Å². The maximum atomic E-state index is 12.1. The molecule has 0 spiro atoms. The Morgan fingerprint density at radius 3 is 2.58 bits per heavy atom. The second kappa shape index (κ2) is 8.98. The number of aromatic nitrogens is 1. The molecule has 0 atom stereocenters. The van der Waals surface area contributed by atoms with E-state index in [0.29, 0.717) is 18.1 Å². The molecule has 1 aliphatic rings. The van der Waals surface area contributed by atoms with Crippen LogP contribution in [-0.4, -0.2) is 60.1 Å². The van der Waals surface area contributed by atoms with Crippen LogP contribution < -0.4 is 5.32 Å². The lowest BCUT2D eigenvalue weighted by molar-refractivity contribution is -0.117. The van der Waals surface area contributed by atoms with E-state index in [1.807, 2.05) is 24.3 Å². The van der Waals surface area contributed by atoms with Crippen LogP contribution in [0.3, 0.4) is 0 Å². The Hall–Kier alpha value is -2.15. The van der Waals surface area contributed by atoms with Gasteiger partial charge < -0.3 is 9.84 Å². The molecule has 0 bridgehead atoms. The third-order valence-electron chi connectivity index (χ3n) is 4.27. The number of anilines is 1. The number of benzene rings is 1. The standard InChI is InChI=1S/C19H23ClN4O2/c1-15-13-18(22-26-15)21-19(25)14-24-11-9-23(10-12-24)8-2-3-16-4-6-17(20)7-5-16/h2-7,13H,8-12,14H2,1H3,(H,21,22,25). The monoisotopic (exact) mass is 374 g/mol. The van der Waals surface area contributed by atoms with E-state index in [1.54, 1.807) is 13.0 Å². The van der Waals surface area contributed by atoms with Crippen LogP contribution in [0.2, 0.25) is 5.02 Å². The third-order valence-corrected chi connectivity index (χ3v) is 4.52. The lowest BCUT2D eigenvalue weighted by Gasteiger charge is -2.33. The Kier molecular flexibility index (Phi) is 6.44. The van der Waals surface area contributed by atoms with Crippen LogP contribution in [0.15, 0.2) is 40.9 Å². The molecule has 1 N–H and O–H groups in total. The topological polar surface area (TPSA) is 61.6 Å². The molecule has 1 aromatic heterocycles. The van der Waals surface area contributed by atoms with Crippen LogP contribution in [0, 0.1) is 6.92 Å². The summed E-state index contributed by atoms with van der Waals surface area (Å²) in [4.78, 5) is 16.6. The van der Waals surface area contributed by atoms with E-state index in [4.69, 9.17) is 16.1 Å². The molecule has 26 heavy (non-hydrogen) atoms. The highest BCUT2D eigenvalue weighted by molar-refractivity contribution is 6.30. The summed E-state index contributed by atoms with van der Waals surface area (Å²) in [5.41, 5.74) is 1.15. The zero-order valence-corrected chi connectivity index (χ0v) is 15.6.